The Morgan fingerprint density at radius 2 is 2.05 bits per heavy atom. The van der Waals surface area contributed by atoms with E-state index in [0.29, 0.717) is 12.0 Å². The summed E-state index contributed by atoms with van der Waals surface area (Å²) >= 11 is 0. The Hall–Kier alpha value is -2.11. The van der Waals surface area contributed by atoms with Gasteiger partial charge in [-0.15, -0.1) is 0 Å². The Kier molecular flexibility index (Phi) is 5.49. The average Bonchev–Trinajstić information content (AvgIpc) is 2.34. The molecule has 5 nitrogen and oxygen atoms in total. The van der Waals surface area contributed by atoms with Gasteiger partial charge in [0.2, 0.25) is 0 Å². The first-order valence-corrected chi connectivity index (χ1v) is 6.35. The first-order chi connectivity index (χ1) is 9.31. The Morgan fingerprint density at radius 3 is 2.65 bits per heavy atom. The van der Waals surface area contributed by atoms with Gasteiger partial charge in [0.25, 0.3) is 0 Å². The molecule has 0 saturated carbocycles. The summed E-state index contributed by atoms with van der Waals surface area (Å²) in [5.74, 6) is -1.26. The molecule has 0 saturated heterocycles. The first-order valence-electron chi connectivity index (χ1n) is 6.35. The molecule has 0 heterocycles. The van der Waals surface area contributed by atoms with Gasteiger partial charge >= 0.3 is 12.0 Å². The maximum absolute atomic E-state index is 13.2. The average molecular weight is 282 g/mol. The highest BCUT2D eigenvalue weighted by Gasteiger charge is 2.22. The Bertz CT molecular complexity index is 489. The quantitative estimate of drug-likeness (QED) is 0.700. The second-order valence-electron chi connectivity index (χ2n) is 5.01. The number of benzene rings is 1. The van der Waals surface area contributed by atoms with Gasteiger partial charge in [0.15, 0.2) is 0 Å². The Morgan fingerprint density at radius 1 is 1.35 bits per heavy atom. The normalized spacial score (nSPS) is 10.9. The summed E-state index contributed by atoms with van der Waals surface area (Å²) in [6, 6.07) is 5.60. The van der Waals surface area contributed by atoms with Gasteiger partial charge in [-0.3, -0.25) is 4.79 Å². The van der Waals surface area contributed by atoms with Gasteiger partial charge in [-0.25, -0.2) is 9.18 Å². The molecule has 20 heavy (non-hydrogen) atoms. The van der Waals surface area contributed by atoms with Crippen LogP contribution in [0.1, 0.15) is 32.3 Å². The van der Waals surface area contributed by atoms with Crippen molar-refractivity contribution in [3.8, 4) is 0 Å². The van der Waals surface area contributed by atoms with Crippen molar-refractivity contribution in [3.05, 3.63) is 35.6 Å². The van der Waals surface area contributed by atoms with Crippen LogP contribution >= 0.6 is 0 Å². The molecule has 0 bridgehead atoms. The smallest absolute Gasteiger partial charge is 0.315 e. The van der Waals surface area contributed by atoms with Gasteiger partial charge in [0.1, 0.15) is 5.82 Å². The molecule has 110 valence electrons. The zero-order valence-electron chi connectivity index (χ0n) is 11.6. The number of halogens is 1. The van der Waals surface area contributed by atoms with Gasteiger partial charge in [-0.2, -0.15) is 0 Å². The van der Waals surface area contributed by atoms with Crippen LogP contribution in [-0.4, -0.2) is 23.7 Å². The number of amides is 2. The van der Waals surface area contributed by atoms with Crippen molar-refractivity contribution in [2.24, 2.45) is 0 Å². The highest BCUT2D eigenvalue weighted by atomic mass is 19.1. The fourth-order valence-electron chi connectivity index (χ4n) is 1.72. The molecule has 1 aromatic rings. The van der Waals surface area contributed by atoms with Crippen molar-refractivity contribution >= 4 is 12.0 Å². The zero-order valence-corrected chi connectivity index (χ0v) is 11.6. The minimum absolute atomic E-state index is 0.00751. The third-order valence-corrected chi connectivity index (χ3v) is 2.83. The number of carbonyl (C=O) groups is 2. The van der Waals surface area contributed by atoms with Crippen molar-refractivity contribution in [2.75, 3.05) is 6.54 Å². The zero-order chi connectivity index (χ0) is 15.2. The van der Waals surface area contributed by atoms with E-state index in [4.69, 9.17) is 5.11 Å². The van der Waals surface area contributed by atoms with Crippen LogP contribution < -0.4 is 10.6 Å². The van der Waals surface area contributed by atoms with E-state index in [2.05, 4.69) is 10.6 Å². The maximum Gasteiger partial charge on any atom is 0.315 e. The van der Waals surface area contributed by atoms with Crippen LogP contribution in [0.5, 0.6) is 0 Å². The molecule has 0 spiro atoms. The van der Waals surface area contributed by atoms with Crippen molar-refractivity contribution in [2.45, 2.75) is 32.2 Å². The lowest BCUT2D eigenvalue weighted by molar-refractivity contribution is -0.137. The summed E-state index contributed by atoms with van der Waals surface area (Å²) in [6.45, 7) is 3.80. The lowest BCUT2D eigenvalue weighted by atomic mass is 9.94. The number of carboxylic acid groups (broad SMARTS) is 1. The Balaban J connectivity index is 2.49. The number of hydrogen-bond donors (Lipinski definition) is 3. The summed E-state index contributed by atoms with van der Waals surface area (Å²) in [5.41, 5.74) is -0.0721. The number of carboxylic acids is 1. The number of aliphatic carboxylic acids is 1. The molecule has 2 amide bonds. The van der Waals surface area contributed by atoms with Gasteiger partial charge in [0, 0.05) is 13.0 Å². The molecular weight excluding hydrogens is 263 g/mol. The van der Waals surface area contributed by atoms with Gasteiger partial charge in [0.05, 0.1) is 5.54 Å². The van der Waals surface area contributed by atoms with E-state index in [1.165, 1.54) is 12.1 Å². The third kappa shape index (κ3) is 5.26. The third-order valence-electron chi connectivity index (χ3n) is 2.83. The van der Waals surface area contributed by atoms with Crippen LogP contribution in [0.15, 0.2) is 24.3 Å². The van der Waals surface area contributed by atoms with Gasteiger partial charge in [-0.05, 0) is 38.0 Å². The molecule has 6 heteroatoms. The molecule has 0 aliphatic heterocycles. The summed E-state index contributed by atoms with van der Waals surface area (Å²) < 4.78 is 13.2. The van der Waals surface area contributed by atoms with Crippen molar-refractivity contribution in [1.29, 1.82) is 0 Å². The van der Waals surface area contributed by atoms with E-state index in [0.717, 1.165) is 0 Å². The van der Waals surface area contributed by atoms with Crippen LogP contribution in [0.2, 0.25) is 0 Å². The van der Waals surface area contributed by atoms with Crippen LogP contribution in [-0.2, 0) is 10.3 Å². The monoisotopic (exact) mass is 282 g/mol. The van der Waals surface area contributed by atoms with Gasteiger partial charge in [-0.1, -0.05) is 12.1 Å². The second-order valence-corrected chi connectivity index (χ2v) is 5.01. The maximum atomic E-state index is 13.2. The molecule has 0 aliphatic carbocycles. The van der Waals surface area contributed by atoms with E-state index in [1.54, 1.807) is 26.0 Å². The molecule has 0 aromatic heterocycles. The van der Waals surface area contributed by atoms with E-state index in [-0.39, 0.29) is 18.8 Å². The molecular formula is C14H19FN2O3. The van der Waals surface area contributed by atoms with E-state index >= 15 is 0 Å². The molecule has 1 aromatic carbocycles. The summed E-state index contributed by atoms with van der Waals surface area (Å²) in [4.78, 5) is 22.0. The van der Waals surface area contributed by atoms with E-state index in [9.17, 15) is 14.0 Å². The molecule has 0 atom stereocenters. The highest BCUT2D eigenvalue weighted by Crippen LogP contribution is 2.20. The number of hydrogen-bond acceptors (Lipinski definition) is 2. The summed E-state index contributed by atoms with van der Waals surface area (Å²) in [5, 5.41) is 13.8. The predicted octanol–water partition coefficient (Wildman–Crippen LogP) is 2.22. The van der Waals surface area contributed by atoms with Crippen molar-refractivity contribution in [3.63, 3.8) is 0 Å². The molecule has 0 fully saturated rings. The van der Waals surface area contributed by atoms with E-state index < -0.39 is 17.5 Å². The molecule has 0 aliphatic rings. The van der Waals surface area contributed by atoms with Crippen molar-refractivity contribution < 1.29 is 19.1 Å². The van der Waals surface area contributed by atoms with E-state index in [1.807, 2.05) is 0 Å². The summed E-state index contributed by atoms with van der Waals surface area (Å²) in [6.07, 6.45) is 0.372. The Labute approximate surface area is 117 Å². The fourth-order valence-corrected chi connectivity index (χ4v) is 1.72. The van der Waals surface area contributed by atoms with Crippen molar-refractivity contribution in [1.82, 2.24) is 10.6 Å². The van der Waals surface area contributed by atoms with Gasteiger partial charge < -0.3 is 15.7 Å². The second kappa shape index (κ2) is 6.88. The topological polar surface area (TPSA) is 78.4 Å². The number of carbonyl (C=O) groups excluding carboxylic acids is 1. The SMILES string of the molecule is CC(C)(NC(=O)NCCCC(=O)O)c1cccc(F)c1. The summed E-state index contributed by atoms with van der Waals surface area (Å²) in [7, 11) is 0. The largest absolute Gasteiger partial charge is 0.481 e. The number of urea groups is 1. The molecule has 1 rings (SSSR count). The standard InChI is InChI=1S/C14H19FN2O3/c1-14(2,10-5-3-6-11(15)9-10)17-13(20)16-8-4-7-12(18)19/h3,5-6,9H,4,7-8H2,1-2H3,(H,18,19)(H2,16,17,20). The first kappa shape index (κ1) is 15.9. The molecule has 0 unspecified atom stereocenters. The van der Waals surface area contributed by atoms with Crippen LogP contribution in [0.3, 0.4) is 0 Å². The number of nitrogens with one attached hydrogen (secondary N) is 2. The highest BCUT2D eigenvalue weighted by molar-refractivity contribution is 5.75. The number of rotatable bonds is 6. The van der Waals surface area contributed by atoms with Crippen LogP contribution in [0.4, 0.5) is 9.18 Å². The lowest BCUT2D eigenvalue weighted by Gasteiger charge is -2.27. The fraction of sp³-hybridized carbons (Fsp3) is 0.429. The minimum Gasteiger partial charge on any atom is -0.481 e. The van der Waals surface area contributed by atoms with Crippen LogP contribution in [0.25, 0.3) is 0 Å². The molecule has 0 radical (unpaired) electrons. The van der Waals surface area contributed by atoms with Crippen LogP contribution in [0, 0.1) is 5.82 Å². The minimum atomic E-state index is -0.896. The molecule has 3 N–H and O–H groups in total. The lowest BCUT2D eigenvalue weighted by Crippen LogP contribution is -2.46. The predicted molar refractivity (Wildman–Crippen MR) is 72.8 cm³/mol.